The van der Waals surface area contributed by atoms with Crippen LogP contribution in [0, 0.1) is 5.92 Å². The highest BCUT2D eigenvalue weighted by Gasteiger charge is 2.34. The number of hydrogen-bond acceptors (Lipinski definition) is 5. The maximum Gasteiger partial charge on any atom is 0.201 e. The summed E-state index contributed by atoms with van der Waals surface area (Å²) in [4.78, 5) is 9.44. The van der Waals surface area contributed by atoms with E-state index >= 15 is 0 Å². The lowest BCUT2D eigenvalue weighted by Crippen LogP contribution is -2.40. The van der Waals surface area contributed by atoms with Crippen molar-refractivity contribution in [2.24, 2.45) is 11.1 Å². The van der Waals surface area contributed by atoms with Gasteiger partial charge in [0.25, 0.3) is 0 Å². The summed E-state index contributed by atoms with van der Waals surface area (Å²) in [5.74, 6) is 1.94. The van der Waals surface area contributed by atoms with E-state index in [4.69, 9.17) is 9.57 Å². The number of aromatic nitrogens is 3. The molecule has 0 saturated carbocycles. The molecule has 0 N–H and O–H groups in total. The summed E-state index contributed by atoms with van der Waals surface area (Å²) in [5.41, 5.74) is 1.91. The fourth-order valence-corrected chi connectivity index (χ4v) is 2.62. The van der Waals surface area contributed by atoms with Crippen LogP contribution in [-0.2, 0) is 11.3 Å². The van der Waals surface area contributed by atoms with Gasteiger partial charge in [-0.05, 0) is 51.7 Å². The molecule has 3 rings (SSSR count). The molecule has 2 heterocycles. The second-order valence-electron chi connectivity index (χ2n) is 7.04. The number of nitrogens with zero attached hydrogens (tertiary/aromatic N) is 4. The van der Waals surface area contributed by atoms with Crippen molar-refractivity contribution in [1.82, 2.24) is 14.8 Å². The molecular weight excluding hydrogens is 304 g/mol. The summed E-state index contributed by atoms with van der Waals surface area (Å²) in [6.45, 7) is 10.3. The molecule has 1 aromatic heterocycles. The zero-order valence-corrected chi connectivity index (χ0v) is 14.9. The highest BCUT2D eigenvalue weighted by Crippen LogP contribution is 2.37. The van der Waals surface area contributed by atoms with Crippen LogP contribution in [0.15, 0.2) is 36.0 Å². The molecule has 1 aromatic carbocycles. The van der Waals surface area contributed by atoms with E-state index in [0.717, 1.165) is 17.7 Å². The van der Waals surface area contributed by atoms with Crippen molar-refractivity contribution in [3.8, 4) is 5.75 Å². The minimum atomic E-state index is -0.190. The van der Waals surface area contributed by atoms with Gasteiger partial charge < -0.3 is 9.57 Å². The van der Waals surface area contributed by atoms with Gasteiger partial charge in [0.2, 0.25) is 5.84 Å². The topological polar surface area (TPSA) is 61.5 Å². The van der Waals surface area contributed by atoms with Gasteiger partial charge in [-0.15, -0.1) is 0 Å². The van der Waals surface area contributed by atoms with Crippen molar-refractivity contribution in [3.05, 3.63) is 42.0 Å². The maximum atomic E-state index is 6.22. The number of oxime groups is 1. The quantitative estimate of drug-likeness (QED) is 0.493. The molecule has 0 saturated heterocycles. The second-order valence-corrected chi connectivity index (χ2v) is 7.04. The molecule has 128 valence electrons. The van der Waals surface area contributed by atoms with Crippen LogP contribution in [0.25, 0.3) is 0 Å². The molecule has 0 spiro atoms. The van der Waals surface area contributed by atoms with Gasteiger partial charge in [-0.3, -0.25) is 0 Å². The van der Waals surface area contributed by atoms with E-state index < -0.39 is 0 Å². The van der Waals surface area contributed by atoms with Gasteiger partial charge in [-0.25, -0.2) is 4.98 Å². The van der Waals surface area contributed by atoms with Crippen LogP contribution >= 0.6 is 0 Å². The number of fused-ring (bicyclic) bond motifs is 1. The fourth-order valence-electron chi connectivity index (χ4n) is 2.62. The predicted octanol–water partition coefficient (Wildman–Crippen LogP) is 3.26. The van der Waals surface area contributed by atoms with Crippen LogP contribution in [0.5, 0.6) is 5.75 Å². The lowest BCUT2D eigenvalue weighted by Gasteiger charge is -2.38. The van der Waals surface area contributed by atoms with Gasteiger partial charge in [0.15, 0.2) is 0 Å². The average Bonchev–Trinajstić information content (AvgIpc) is 3.02. The predicted molar refractivity (Wildman–Crippen MR) is 92.2 cm³/mol. The van der Waals surface area contributed by atoms with Crippen LogP contribution in [0.1, 0.15) is 45.7 Å². The molecule has 1 unspecified atom stereocenters. The Hall–Kier alpha value is -2.37. The van der Waals surface area contributed by atoms with Gasteiger partial charge >= 0.3 is 0 Å². The monoisotopic (exact) mass is 328 g/mol. The van der Waals surface area contributed by atoms with Crippen molar-refractivity contribution >= 4 is 5.84 Å². The molecule has 24 heavy (non-hydrogen) atoms. The van der Waals surface area contributed by atoms with Crippen LogP contribution < -0.4 is 4.74 Å². The first-order chi connectivity index (χ1) is 11.4. The Labute approximate surface area is 142 Å². The molecule has 0 fully saturated rings. The Morgan fingerprint density at radius 3 is 2.88 bits per heavy atom. The van der Waals surface area contributed by atoms with Crippen molar-refractivity contribution in [2.75, 3.05) is 0 Å². The number of benzene rings is 1. The molecule has 0 radical (unpaired) electrons. The first-order valence-corrected chi connectivity index (χ1v) is 8.28. The third-order valence-electron chi connectivity index (χ3n) is 4.40. The Morgan fingerprint density at radius 2 is 2.21 bits per heavy atom. The van der Waals surface area contributed by atoms with Crippen molar-refractivity contribution in [2.45, 2.75) is 52.7 Å². The largest absolute Gasteiger partial charge is 0.487 e. The average molecular weight is 328 g/mol. The Balaban J connectivity index is 2.00. The highest BCUT2D eigenvalue weighted by molar-refractivity contribution is 5.99. The molecule has 0 bridgehead atoms. The van der Waals surface area contributed by atoms with Gasteiger partial charge in [0, 0.05) is 5.56 Å². The minimum absolute atomic E-state index is 0.0165. The summed E-state index contributed by atoms with van der Waals surface area (Å²) in [6, 6.07) is 6.13. The van der Waals surface area contributed by atoms with E-state index in [2.05, 4.69) is 42.1 Å². The summed E-state index contributed by atoms with van der Waals surface area (Å²) in [5, 5.41) is 8.44. The first-order valence-electron chi connectivity index (χ1n) is 8.28. The zero-order chi connectivity index (χ0) is 17.3. The molecule has 1 atom stereocenters. The summed E-state index contributed by atoms with van der Waals surface area (Å²) in [7, 11) is 0. The normalized spacial score (nSPS) is 19.8. The number of rotatable bonds is 3. The Kier molecular flexibility index (Phi) is 4.30. The molecule has 2 aromatic rings. The summed E-state index contributed by atoms with van der Waals surface area (Å²) < 4.78 is 7.82. The summed E-state index contributed by atoms with van der Waals surface area (Å²) in [6.07, 6.45) is 4.07. The molecule has 1 aliphatic rings. The van der Waals surface area contributed by atoms with E-state index in [1.54, 1.807) is 11.0 Å². The SMILES string of the molecule is CC(C)O/N=C(/c1ccc2c(c1)OC(C)(C)C(C)C2)n1cncn1. The minimum Gasteiger partial charge on any atom is -0.487 e. The third-order valence-corrected chi connectivity index (χ3v) is 4.40. The lowest BCUT2D eigenvalue weighted by atomic mass is 9.84. The standard InChI is InChI=1S/C18H24N4O2/c1-12(2)24-21-17(22-11-19-10-20-22)15-7-6-14-8-13(3)18(4,5)23-16(14)9-15/h6-7,9-13H,8H2,1-5H3/b21-17-. The van der Waals surface area contributed by atoms with Crippen molar-refractivity contribution in [1.29, 1.82) is 0 Å². The molecule has 0 aliphatic carbocycles. The number of ether oxygens (including phenoxy) is 1. The zero-order valence-electron chi connectivity index (χ0n) is 14.9. The second kappa shape index (κ2) is 6.26. The van der Waals surface area contributed by atoms with Crippen LogP contribution in [0.2, 0.25) is 0 Å². The van der Waals surface area contributed by atoms with E-state index in [-0.39, 0.29) is 11.7 Å². The van der Waals surface area contributed by atoms with Gasteiger partial charge in [-0.1, -0.05) is 24.2 Å². The number of hydrogen-bond donors (Lipinski definition) is 0. The molecular formula is C18H24N4O2. The smallest absolute Gasteiger partial charge is 0.201 e. The summed E-state index contributed by atoms with van der Waals surface area (Å²) >= 11 is 0. The Bertz CT molecular complexity index is 735. The van der Waals surface area contributed by atoms with E-state index in [9.17, 15) is 0 Å². The fraction of sp³-hybridized carbons (Fsp3) is 0.500. The Morgan fingerprint density at radius 1 is 1.42 bits per heavy atom. The van der Waals surface area contributed by atoms with Crippen LogP contribution in [-0.4, -0.2) is 32.3 Å². The van der Waals surface area contributed by atoms with Crippen molar-refractivity contribution in [3.63, 3.8) is 0 Å². The van der Waals surface area contributed by atoms with Gasteiger partial charge in [0.1, 0.15) is 30.1 Å². The van der Waals surface area contributed by atoms with Crippen LogP contribution in [0.4, 0.5) is 0 Å². The van der Waals surface area contributed by atoms with Gasteiger partial charge in [-0.2, -0.15) is 9.78 Å². The molecule has 1 aliphatic heterocycles. The van der Waals surface area contributed by atoms with E-state index in [1.165, 1.54) is 11.9 Å². The van der Waals surface area contributed by atoms with E-state index in [1.807, 2.05) is 26.0 Å². The maximum absolute atomic E-state index is 6.22. The molecule has 6 heteroatoms. The van der Waals surface area contributed by atoms with Gasteiger partial charge in [0.05, 0.1) is 0 Å². The van der Waals surface area contributed by atoms with Crippen molar-refractivity contribution < 1.29 is 9.57 Å². The first kappa shape index (κ1) is 16.5. The lowest BCUT2D eigenvalue weighted by molar-refractivity contribution is 0.0354. The molecule has 6 nitrogen and oxygen atoms in total. The van der Waals surface area contributed by atoms with E-state index in [0.29, 0.717) is 11.8 Å². The van der Waals surface area contributed by atoms with Crippen LogP contribution in [0.3, 0.4) is 0 Å². The molecule has 0 amide bonds. The third kappa shape index (κ3) is 3.27. The highest BCUT2D eigenvalue weighted by atomic mass is 16.6.